The van der Waals surface area contributed by atoms with E-state index >= 15 is 0 Å². The van der Waals surface area contributed by atoms with Crippen LogP contribution >= 0.6 is 0 Å². The minimum Gasteiger partial charge on any atom is -0.388 e. The molecule has 1 N–H and O–H groups in total. The van der Waals surface area contributed by atoms with Gasteiger partial charge in [0.25, 0.3) is 0 Å². The zero-order chi connectivity index (χ0) is 12.4. The van der Waals surface area contributed by atoms with E-state index in [-0.39, 0.29) is 6.10 Å². The molecule has 2 rings (SSSR count). The molecule has 0 saturated heterocycles. The van der Waals surface area contributed by atoms with Gasteiger partial charge in [0.2, 0.25) is 0 Å². The van der Waals surface area contributed by atoms with Crippen molar-refractivity contribution in [2.24, 2.45) is 11.8 Å². The summed E-state index contributed by atoms with van der Waals surface area (Å²) in [5.41, 5.74) is 3.69. The van der Waals surface area contributed by atoms with Gasteiger partial charge < -0.3 is 5.11 Å². The third-order valence-electron chi connectivity index (χ3n) is 4.30. The molecule has 17 heavy (non-hydrogen) atoms. The maximum Gasteiger partial charge on any atom is 0.0818 e. The van der Waals surface area contributed by atoms with E-state index in [0.717, 1.165) is 11.5 Å². The molecule has 1 aliphatic rings. The van der Waals surface area contributed by atoms with Crippen LogP contribution in [0, 0.1) is 25.7 Å². The first-order valence-corrected chi connectivity index (χ1v) is 6.83. The molecule has 0 bridgehead atoms. The van der Waals surface area contributed by atoms with Crippen LogP contribution in [0.4, 0.5) is 0 Å². The van der Waals surface area contributed by atoms with Gasteiger partial charge in [-0.1, -0.05) is 38.0 Å². The molecule has 0 radical (unpaired) electrons. The fraction of sp³-hybridized carbons (Fsp3) is 0.625. The number of hydrogen-bond acceptors (Lipinski definition) is 1. The third-order valence-corrected chi connectivity index (χ3v) is 4.30. The largest absolute Gasteiger partial charge is 0.388 e. The monoisotopic (exact) mass is 232 g/mol. The number of aliphatic hydroxyl groups excluding tert-OH is 1. The lowest BCUT2D eigenvalue weighted by Gasteiger charge is -2.30. The highest BCUT2D eigenvalue weighted by Crippen LogP contribution is 2.37. The second kappa shape index (κ2) is 5.22. The molecule has 0 heterocycles. The van der Waals surface area contributed by atoms with Crippen molar-refractivity contribution in [3.63, 3.8) is 0 Å². The molecule has 3 unspecified atom stereocenters. The van der Waals surface area contributed by atoms with E-state index in [4.69, 9.17) is 0 Å². The maximum atomic E-state index is 10.5. The van der Waals surface area contributed by atoms with Crippen LogP contribution in [0.3, 0.4) is 0 Å². The van der Waals surface area contributed by atoms with Crippen molar-refractivity contribution < 1.29 is 5.11 Å². The molecule has 1 heteroatoms. The Hall–Kier alpha value is -0.820. The normalized spacial score (nSPS) is 26.8. The van der Waals surface area contributed by atoms with Crippen molar-refractivity contribution in [3.8, 4) is 0 Å². The average Bonchev–Trinajstić information content (AvgIpc) is 2.32. The van der Waals surface area contributed by atoms with Crippen LogP contribution in [0.5, 0.6) is 0 Å². The Morgan fingerprint density at radius 3 is 2.59 bits per heavy atom. The first kappa shape index (κ1) is 12.6. The molecule has 1 saturated carbocycles. The SMILES string of the molecule is Cc1ccc(C(O)C2CCCC(C)C2)cc1C. The quantitative estimate of drug-likeness (QED) is 0.811. The minimum absolute atomic E-state index is 0.267. The van der Waals surface area contributed by atoms with E-state index in [2.05, 4.69) is 39.0 Å². The van der Waals surface area contributed by atoms with Gasteiger partial charge in [0, 0.05) is 0 Å². The Morgan fingerprint density at radius 2 is 1.94 bits per heavy atom. The van der Waals surface area contributed by atoms with Crippen molar-refractivity contribution in [2.75, 3.05) is 0 Å². The summed E-state index contributed by atoms with van der Waals surface area (Å²) in [5, 5.41) is 10.5. The molecule has 0 aliphatic heterocycles. The second-order valence-electron chi connectivity index (χ2n) is 5.82. The lowest BCUT2D eigenvalue weighted by atomic mass is 9.77. The molecule has 1 aliphatic carbocycles. The molecular weight excluding hydrogens is 208 g/mol. The number of benzene rings is 1. The molecule has 0 spiro atoms. The zero-order valence-corrected chi connectivity index (χ0v) is 11.2. The van der Waals surface area contributed by atoms with Crippen LogP contribution in [-0.2, 0) is 0 Å². The Bertz CT molecular complexity index is 383. The van der Waals surface area contributed by atoms with Crippen LogP contribution in [0.1, 0.15) is 55.4 Å². The van der Waals surface area contributed by atoms with Crippen molar-refractivity contribution in [3.05, 3.63) is 34.9 Å². The number of aliphatic hydroxyl groups is 1. The van der Waals surface area contributed by atoms with Crippen molar-refractivity contribution in [1.82, 2.24) is 0 Å². The summed E-state index contributed by atoms with van der Waals surface area (Å²) < 4.78 is 0. The molecule has 3 atom stereocenters. The summed E-state index contributed by atoms with van der Waals surface area (Å²) in [7, 11) is 0. The predicted molar refractivity (Wildman–Crippen MR) is 72.0 cm³/mol. The van der Waals surface area contributed by atoms with Crippen LogP contribution in [-0.4, -0.2) is 5.11 Å². The summed E-state index contributed by atoms with van der Waals surface area (Å²) in [6.45, 7) is 6.54. The predicted octanol–water partition coefficient (Wildman–Crippen LogP) is 4.16. The van der Waals surface area contributed by atoms with E-state index in [1.54, 1.807) is 0 Å². The Balaban J connectivity index is 2.12. The third kappa shape index (κ3) is 2.90. The average molecular weight is 232 g/mol. The summed E-state index contributed by atoms with van der Waals surface area (Å²) in [5.74, 6) is 1.23. The van der Waals surface area contributed by atoms with E-state index in [0.29, 0.717) is 5.92 Å². The van der Waals surface area contributed by atoms with E-state index in [1.165, 1.54) is 36.8 Å². The second-order valence-corrected chi connectivity index (χ2v) is 5.82. The lowest BCUT2D eigenvalue weighted by Crippen LogP contribution is -2.20. The topological polar surface area (TPSA) is 20.2 Å². The van der Waals surface area contributed by atoms with Gasteiger partial charge in [-0.05, 0) is 55.2 Å². The Morgan fingerprint density at radius 1 is 1.18 bits per heavy atom. The number of rotatable bonds is 2. The molecule has 1 fully saturated rings. The highest BCUT2D eigenvalue weighted by molar-refractivity contribution is 5.31. The van der Waals surface area contributed by atoms with E-state index in [1.807, 2.05) is 0 Å². The maximum absolute atomic E-state index is 10.5. The van der Waals surface area contributed by atoms with Gasteiger partial charge >= 0.3 is 0 Å². The molecule has 94 valence electrons. The van der Waals surface area contributed by atoms with Gasteiger partial charge in [-0.3, -0.25) is 0 Å². The van der Waals surface area contributed by atoms with Crippen LogP contribution in [0.25, 0.3) is 0 Å². The molecule has 0 amide bonds. The Kier molecular flexibility index (Phi) is 3.88. The van der Waals surface area contributed by atoms with Gasteiger partial charge in [0.1, 0.15) is 0 Å². The molecule has 1 nitrogen and oxygen atoms in total. The first-order chi connectivity index (χ1) is 8.08. The van der Waals surface area contributed by atoms with E-state index in [9.17, 15) is 5.11 Å². The van der Waals surface area contributed by atoms with Crippen LogP contribution in [0.15, 0.2) is 18.2 Å². The lowest BCUT2D eigenvalue weighted by molar-refractivity contribution is 0.0713. The van der Waals surface area contributed by atoms with Crippen molar-refractivity contribution in [1.29, 1.82) is 0 Å². The smallest absolute Gasteiger partial charge is 0.0818 e. The van der Waals surface area contributed by atoms with Crippen molar-refractivity contribution in [2.45, 2.75) is 52.6 Å². The van der Waals surface area contributed by atoms with Crippen molar-refractivity contribution >= 4 is 0 Å². The Labute approximate surface area is 105 Å². The number of aryl methyl sites for hydroxylation is 2. The van der Waals surface area contributed by atoms with E-state index < -0.39 is 0 Å². The summed E-state index contributed by atoms with van der Waals surface area (Å²) >= 11 is 0. The molecule has 1 aromatic rings. The highest BCUT2D eigenvalue weighted by atomic mass is 16.3. The summed E-state index contributed by atoms with van der Waals surface area (Å²) in [6, 6.07) is 6.37. The standard InChI is InChI=1S/C16H24O/c1-11-5-4-6-14(9-11)16(17)15-8-7-12(2)13(3)10-15/h7-8,10-11,14,16-17H,4-6,9H2,1-3H3. The molecule has 1 aromatic carbocycles. The van der Waals surface area contributed by atoms with Crippen LogP contribution < -0.4 is 0 Å². The van der Waals surface area contributed by atoms with Gasteiger partial charge in [-0.25, -0.2) is 0 Å². The van der Waals surface area contributed by atoms with Crippen LogP contribution in [0.2, 0.25) is 0 Å². The van der Waals surface area contributed by atoms with Gasteiger partial charge in [0.15, 0.2) is 0 Å². The number of hydrogen-bond donors (Lipinski definition) is 1. The van der Waals surface area contributed by atoms with Gasteiger partial charge in [-0.15, -0.1) is 0 Å². The van der Waals surface area contributed by atoms with Gasteiger partial charge in [0.05, 0.1) is 6.10 Å². The fourth-order valence-electron chi connectivity index (χ4n) is 2.99. The minimum atomic E-state index is -0.267. The summed E-state index contributed by atoms with van der Waals surface area (Å²) in [6.07, 6.45) is 4.69. The van der Waals surface area contributed by atoms with Gasteiger partial charge in [-0.2, -0.15) is 0 Å². The first-order valence-electron chi connectivity index (χ1n) is 6.83. The summed E-state index contributed by atoms with van der Waals surface area (Å²) in [4.78, 5) is 0. The molecular formula is C16H24O. The fourth-order valence-corrected chi connectivity index (χ4v) is 2.99. The molecule has 0 aromatic heterocycles. The highest BCUT2D eigenvalue weighted by Gasteiger charge is 2.26. The zero-order valence-electron chi connectivity index (χ0n) is 11.2.